The van der Waals surface area contributed by atoms with Crippen molar-refractivity contribution in [2.75, 3.05) is 11.1 Å². The number of nitrogen functional groups attached to an aromatic ring is 1. The van der Waals surface area contributed by atoms with Crippen LogP contribution in [-0.4, -0.2) is 24.7 Å². The van der Waals surface area contributed by atoms with Gasteiger partial charge in [-0.1, -0.05) is 0 Å². The summed E-state index contributed by atoms with van der Waals surface area (Å²) in [5.41, 5.74) is 5.45. The minimum Gasteiger partial charge on any atom is -0.382 e. The van der Waals surface area contributed by atoms with Gasteiger partial charge < -0.3 is 15.6 Å². The van der Waals surface area contributed by atoms with Gasteiger partial charge in [-0.25, -0.2) is 9.97 Å². The number of hydrogen-bond acceptors (Lipinski definition) is 6. The number of nitrogens with two attached hydrogens (primary N) is 1. The van der Waals surface area contributed by atoms with Crippen LogP contribution in [0.4, 0.5) is 11.6 Å². The van der Waals surface area contributed by atoms with Gasteiger partial charge in [0.25, 0.3) is 0 Å². The predicted molar refractivity (Wildman–Crippen MR) is 59.5 cm³/mol. The van der Waals surface area contributed by atoms with Crippen LogP contribution in [0.5, 0.6) is 0 Å². The Hall–Kier alpha value is -2.18. The molecule has 2 heterocycles. The smallest absolute Gasteiger partial charge is 0.154 e. The van der Waals surface area contributed by atoms with Crippen LogP contribution >= 0.6 is 0 Å². The molecule has 0 saturated heterocycles. The molecule has 84 valence electrons. The highest BCUT2D eigenvalue weighted by atomic mass is 15.3. The van der Waals surface area contributed by atoms with E-state index in [0.717, 1.165) is 5.82 Å². The Morgan fingerprint density at radius 1 is 1.38 bits per heavy atom. The maximum atomic E-state index is 5.45. The second-order valence-corrected chi connectivity index (χ2v) is 3.49. The molecule has 0 spiro atoms. The summed E-state index contributed by atoms with van der Waals surface area (Å²) < 4.78 is 1.85. The van der Waals surface area contributed by atoms with Gasteiger partial charge in [-0.05, 0) is 6.92 Å². The van der Waals surface area contributed by atoms with Gasteiger partial charge in [-0.3, -0.25) is 0 Å². The van der Waals surface area contributed by atoms with E-state index in [-0.39, 0.29) is 6.04 Å². The lowest BCUT2D eigenvalue weighted by Crippen LogP contribution is -2.13. The molecule has 0 aliphatic heterocycles. The molecule has 7 heteroatoms. The number of aryl methyl sites for hydroxylation is 1. The Labute approximate surface area is 92.7 Å². The average molecular weight is 219 g/mol. The van der Waals surface area contributed by atoms with E-state index >= 15 is 0 Å². The monoisotopic (exact) mass is 219 g/mol. The van der Waals surface area contributed by atoms with E-state index in [9.17, 15) is 0 Å². The van der Waals surface area contributed by atoms with Crippen molar-refractivity contribution in [3.63, 3.8) is 0 Å². The van der Waals surface area contributed by atoms with Gasteiger partial charge in [-0.15, -0.1) is 10.2 Å². The third-order valence-electron chi connectivity index (χ3n) is 2.17. The molecule has 1 atom stereocenters. The molecule has 0 fully saturated rings. The van der Waals surface area contributed by atoms with Gasteiger partial charge in [0.05, 0.1) is 18.4 Å². The zero-order chi connectivity index (χ0) is 11.5. The first-order valence-electron chi connectivity index (χ1n) is 4.85. The first-order chi connectivity index (χ1) is 7.66. The van der Waals surface area contributed by atoms with Crippen LogP contribution in [0.15, 0.2) is 18.7 Å². The van der Waals surface area contributed by atoms with Crippen LogP contribution in [0.2, 0.25) is 0 Å². The number of nitrogens with one attached hydrogen (secondary N) is 1. The van der Waals surface area contributed by atoms with Crippen molar-refractivity contribution in [1.82, 2.24) is 24.7 Å². The molecule has 1 unspecified atom stereocenters. The number of hydrogen-bond donors (Lipinski definition) is 2. The van der Waals surface area contributed by atoms with Crippen LogP contribution in [-0.2, 0) is 7.05 Å². The standard InChI is InChI=1S/C9H13N7/c1-6(9-15-13-5-16(9)2)14-8-4-11-7(10)3-12-8/h3-6H,1-2H3,(H2,10,11)(H,12,14). The summed E-state index contributed by atoms with van der Waals surface area (Å²) in [7, 11) is 1.89. The highest BCUT2D eigenvalue weighted by Crippen LogP contribution is 2.14. The summed E-state index contributed by atoms with van der Waals surface area (Å²) >= 11 is 0. The molecule has 0 saturated carbocycles. The Kier molecular flexibility index (Phi) is 2.67. The first-order valence-corrected chi connectivity index (χ1v) is 4.85. The quantitative estimate of drug-likeness (QED) is 0.774. The van der Waals surface area contributed by atoms with Crippen LogP contribution in [0, 0.1) is 0 Å². The lowest BCUT2D eigenvalue weighted by molar-refractivity contribution is 0.716. The summed E-state index contributed by atoms with van der Waals surface area (Å²) in [6.45, 7) is 1.97. The van der Waals surface area contributed by atoms with E-state index in [0.29, 0.717) is 11.6 Å². The van der Waals surface area contributed by atoms with Crippen molar-refractivity contribution < 1.29 is 0 Å². The minimum atomic E-state index is 0.00502. The third-order valence-corrected chi connectivity index (χ3v) is 2.17. The molecule has 0 radical (unpaired) electrons. The van der Waals surface area contributed by atoms with E-state index in [4.69, 9.17) is 5.73 Å². The Morgan fingerprint density at radius 2 is 2.19 bits per heavy atom. The van der Waals surface area contributed by atoms with E-state index in [1.165, 1.54) is 6.20 Å². The molecule has 0 aromatic carbocycles. The molecule has 0 amide bonds. The van der Waals surface area contributed by atoms with Crippen LogP contribution in [0.3, 0.4) is 0 Å². The topological polar surface area (TPSA) is 94.5 Å². The number of nitrogens with zero attached hydrogens (tertiary/aromatic N) is 5. The van der Waals surface area contributed by atoms with Gasteiger partial charge in [0, 0.05) is 7.05 Å². The van der Waals surface area contributed by atoms with Gasteiger partial charge in [-0.2, -0.15) is 0 Å². The SMILES string of the molecule is CC(Nc1cnc(N)cn1)c1nncn1C. The highest BCUT2D eigenvalue weighted by molar-refractivity contribution is 5.37. The Bertz CT molecular complexity index is 461. The normalized spacial score (nSPS) is 12.4. The number of anilines is 2. The Balaban J connectivity index is 2.10. The van der Waals surface area contributed by atoms with Gasteiger partial charge in [0.2, 0.25) is 0 Å². The number of rotatable bonds is 3. The largest absolute Gasteiger partial charge is 0.382 e. The van der Waals surface area contributed by atoms with Gasteiger partial charge >= 0.3 is 0 Å². The second kappa shape index (κ2) is 4.13. The van der Waals surface area contributed by atoms with Crippen molar-refractivity contribution in [2.45, 2.75) is 13.0 Å². The maximum absolute atomic E-state index is 5.45. The van der Waals surface area contributed by atoms with Crippen LogP contribution < -0.4 is 11.1 Å². The summed E-state index contributed by atoms with van der Waals surface area (Å²) in [5.74, 6) is 1.89. The second-order valence-electron chi connectivity index (χ2n) is 3.49. The van der Waals surface area contributed by atoms with E-state index in [1.54, 1.807) is 12.5 Å². The van der Waals surface area contributed by atoms with Crippen molar-refractivity contribution in [1.29, 1.82) is 0 Å². The van der Waals surface area contributed by atoms with Crippen molar-refractivity contribution in [3.05, 3.63) is 24.5 Å². The fourth-order valence-corrected chi connectivity index (χ4v) is 1.38. The summed E-state index contributed by atoms with van der Waals surface area (Å²) in [6.07, 6.45) is 4.75. The van der Waals surface area contributed by atoms with Crippen molar-refractivity contribution >= 4 is 11.6 Å². The molecule has 0 aliphatic rings. The average Bonchev–Trinajstić information content (AvgIpc) is 2.68. The molecular formula is C9H13N7. The zero-order valence-corrected chi connectivity index (χ0v) is 9.12. The molecular weight excluding hydrogens is 206 g/mol. The zero-order valence-electron chi connectivity index (χ0n) is 9.12. The summed E-state index contributed by atoms with van der Waals surface area (Å²) in [4.78, 5) is 8.05. The van der Waals surface area contributed by atoms with E-state index in [2.05, 4.69) is 25.5 Å². The van der Waals surface area contributed by atoms with E-state index < -0.39 is 0 Å². The van der Waals surface area contributed by atoms with E-state index in [1.807, 2.05) is 18.5 Å². The molecule has 2 aromatic rings. The third kappa shape index (κ3) is 2.08. The van der Waals surface area contributed by atoms with Gasteiger partial charge in [0.15, 0.2) is 5.82 Å². The molecule has 2 aromatic heterocycles. The summed E-state index contributed by atoms with van der Waals surface area (Å²) in [5, 5.41) is 11.0. The fraction of sp³-hybridized carbons (Fsp3) is 0.333. The van der Waals surface area contributed by atoms with Crippen molar-refractivity contribution in [2.24, 2.45) is 7.05 Å². The first kappa shape index (κ1) is 10.3. The fourth-order valence-electron chi connectivity index (χ4n) is 1.38. The minimum absolute atomic E-state index is 0.00502. The summed E-state index contributed by atoms with van der Waals surface area (Å²) in [6, 6.07) is 0.00502. The van der Waals surface area contributed by atoms with Crippen molar-refractivity contribution in [3.8, 4) is 0 Å². The Morgan fingerprint density at radius 3 is 2.75 bits per heavy atom. The molecule has 3 N–H and O–H groups in total. The molecule has 2 rings (SSSR count). The molecule has 0 bridgehead atoms. The number of aromatic nitrogens is 5. The lowest BCUT2D eigenvalue weighted by Gasteiger charge is -2.12. The van der Waals surface area contributed by atoms with Gasteiger partial charge in [0.1, 0.15) is 18.0 Å². The highest BCUT2D eigenvalue weighted by Gasteiger charge is 2.11. The molecule has 7 nitrogen and oxygen atoms in total. The maximum Gasteiger partial charge on any atom is 0.154 e. The molecule has 0 aliphatic carbocycles. The van der Waals surface area contributed by atoms with Crippen LogP contribution in [0.25, 0.3) is 0 Å². The molecule has 16 heavy (non-hydrogen) atoms. The lowest BCUT2D eigenvalue weighted by atomic mass is 10.3. The predicted octanol–water partition coefficient (Wildman–Crippen LogP) is 0.360. The van der Waals surface area contributed by atoms with Crippen LogP contribution in [0.1, 0.15) is 18.8 Å².